The van der Waals surface area contributed by atoms with E-state index in [0.29, 0.717) is 5.41 Å². The number of rotatable bonds is 6. The number of hydrogen-bond acceptors (Lipinski definition) is 2. The summed E-state index contributed by atoms with van der Waals surface area (Å²) < 4.78 is 5.22. The van der Waals surface area contributed by atoms with Gasteiger partial charge in [-0.05, 0) is 51.4 Å². The van der Waals surface area contributed by atoms with Gasteiger partial charge in [-0.2, -0.15) is 0 Å². The van der Waals surface area contributed by atoms with Crippen LogP contribution in [-0.2, 0) is 4.74 Å². The molecule has 1 N–H and O–H groups in total. The molecule has 0 aromatic rings. The first kappa shape index (κ1) is 13.0. The molecule has 1 atom stereocenters. The Kier molecular flexibility index (Phi) is 4.19. The first-order valence-corrected chi connectivity index (χ1v) is 6.11. The van der Waals surface area contributed by atoms with Gasteiger partial charge in [0.1, 0.15) is 0 Å². The standard InChI is InChI=1S/C13H27NO/c1-12(2,3)14-10-13(4,8-9-15-5)11-6-7-11/h11,14H,6-10H2,1-5H3. The second-order valence-corrected chi connectivity index (χ2v) is 6.27. The molecule has 1 rings (SSSR count). The van der Waals surface area contributed by atoms with Crippen molar-refractivity contribution in [1.82, 2.24) is 5.32 Å². The number of ether oxygens (including phenoxy) is 1. The van der Waals surface area contributed by atoms with E-state index < -0.39 is 0 Å². The lowest BCUT2D eigenvalue weighted by Crippen LogP contribution is -2.44. The van der Waals surface area contributed by atoms with Crippen LogP contribution in [0.5, 0.6) is 0 Å². The zero-order valence-electron chi connectivity index (χ0n) is 11.0. The van der Waals surface area contributed by atoms with Crippen molar-refractivity contribution in [2.24, 2.45) is 11.3 Å². The molecule has 0 aromatic heterocycles. The summed E-state index contributed by atoms with van der Waals surface area (Å²) in [6, 6.07) is 0. The Bertz CT molecular complexity index is 193. The van der Waals surface area contributed by atoms with Crippen molar-refractivity contribution in [3.05, 3.63) is 0 Å². The number of hydrogen-bond donors (Lipinski definition) is 1. The fraction of sp³-hybridized carbons (Fsp3) is 1.00. The van der Waals surface area contributed by atoms with Gasteiger partial charge in [0.05, 0.1) is 0 Å². The summed E-state index contributed by atoms with van der Waals surface area (Å²) >= 11 is 0. The lowest BCUT2D eigenvalue weighted by atomic mass is 9.81. The average molecular weight is 213 g/mol. The lowest BCUT2D eigenvalue weighted by molar-refractivity contribution is 0.123. The predicted octanol–water partition coefficient (Wildman–Crippen LogP) is 2.83. The van der Waals surface area contributed by atoms with E-state index in [4.69, 9.17) is 4.74 Å². The first-order valence-electron chi connectivity index (χ1n) is 6.11. The Morgan fingerprint density at radius 3 is 2.20 bits per heavy atom. The molecule has 0 bridgehead atoms. The summed E-state index contributed by atoms with van der Waals surface area (Å²) in [7, 11) is 1.80. The Balaban J connectivity index is 2.42. The molecule has 0 saturated heterocycles. The summed E-state index contributed by atoms with van der Waals surface area (Å²) in [5.74, 6) is 0.919. The largest absolute Gasteiger partial charge is 0.385 e. The summed E-state index contributed by atoms with van der Waals surface area (Å²) in [6.45, 7) is 11.1. The number of nitrogens with one attached hydrogen (secondary N) is 1. The summed E-state index contributed by atoms with van der Waals surface area (Å²) in [6.07, 6.45) is 4.00. The van der Waals surface area contributed by atoms with Crippen LogP contribution in [-0.4, -0.2) is 25.8 Å². The van der Waals surface area contributed by atoms with Crippen molar-refractivity contribution < 1.29 is 4.74 Å². The molecular weight excluding hydrogens is 186 g/mol. The Morgan fingerprint density at radius 1 is 1.20 bits per heavy atom. The minimum absolute atomic E-state index is 0.225. The van der Waals surface area contributed by atoms with E-state index in [0.717, 1.165) is 19.1 Å². The van der Waals surface area contributed by atoms with Gasteiger partial charge < -0.3 is 10.1 Å². The van der Waals surface area contributed by atoms with E-state index in [1.165, 1.54) is 19.3 Å². The van der Waals surface area contributed by atoms with Crippen molar-refractivity contribution in [2.75, 3.05) is 20.3 Å². The highest BCUT2D eigenvalue weighted by molar-refractivity contribution is 4.93. The van der Waals surface area contributed by atoms with Crippen LogP contribution in [0.15, 0.2) is 0 Å². The molecule has 2 heteroatoms. The van der Waals surface area contributed by atoms with Gasteiger partial charge in [0, 0.05) is 25.8 Å². The van der Waals surface area contributed by atoms with Crippen LogP contribution in [0.3, 0.4) is 0 Å². The maximum atomic E-state index is 5.22. The highest BCUT2D eigenvalue weighted by atomic mass is 16.5. The highest BCUT2D eigenvalue weighted by Gasteiger charge is 2.41. The van der Waals surface area contributed by atoms with E-state index in [9.17, 15) is 0 Å². The van der Waals surface area contributed by atoms with Crippen LogP contribution in [0.1, 0.15) is 47.0 Å². The highest BCUT2D eigenvalue weighted by Crippen LogP contribution is 2.47. The van der Waals surface area contributed by atoms with Crippen LogP contribution in [0.2, 0.25) is 0 Å². The fourth-order valence-corrected chi connectivity index (χ4v) is 2.02. The van der Waals surface area contributed by atoms with E-state index in [-0.39, 0.29) is 5.54 Å². The van der Waals surface area contributed by atoms with Crippen molar-refractivity contribution in [3.63, 3.8) is 0 Å². The van der Waals surface area contributed by atoms with Crippen molar-refractivity contribution >= 4 is 0 Å². The third-order valence-electron chi connectivity index (χ3n) is 3.46. The Labute approximate surface area is 94.8 Å². The van der Waals surface area contributed by atoms with Crippen molar-refractivity contribution in [2.45, 2.75) is 52.5 Å². The molecule has 1 aliphatic rings. The third-order valence-corrected chi connectivity index (χ3v) is 3.46. The van der Waals surface area contributed by atoms with Gasteiger partial charge in [-0.1, -0.05) is 6.92 Å². The second kappa shape index (κ2) is 4.84. The lowest BCUT2D eigenvalue weighted by Gasteiger charge is -2.34. The third kappa shape index (κ3) is 4.52. The molecule has 2 nitrogen and oxygen atoms in total. The molecule has 15 heavy (non-hydrogen) atoms. The zero-order chi connectivity index (χ0) is 11.5. The van der Waals surface area contributed by atoms with E-state index >= 15 is 0 Å². The summed E-state index contributed by atoms with van der Waals surface area (Å²) in [5, 5.41) is 3.64. The minimum atomic E-state index is 0.225. The molecule has 0 aromatic carbocycles. The molecule has 1 aliphatic carbocycles. The van der Waals surface area contributed by atoms with Gasteiger partial charge >= 0.3 is 0 Å². The van der Waals surface area contributed by atoms with Gasteiger partial charge in [0.15, 0.2) is 0 Å². The van der Waals surface area contributed by atoms with Gasteiger partial charge in [-0.25, -0.2) is 0 Å². The Morgan fingerprint density at radius 2 is 1.80 bits per heavy atom. The topological polar surface area (TPSA) is 21.3 Å². The molecule has 1 fully saturated rings. The van der Waals surface area contributed by atoms with Crippen LogP contribution in [0.25, 0.3) is 0 Å². The van der Waals surface area contributed by atoms with Crippen LogP contribution < -0.4 is 5.32 Å². The molecule has 90 valence electrons. The van der Waals surface area contributed by atoms with Gasteiger partial charge in [-0.15, -0.1) is 0 Å². The predicted molar refractivity (Wildman–Crippen MR) is 65.1 cm³/mol. The van der Waals surface area contributed by atoms with Crippen molar-refractivity contribution in [3.8, 4) is 0 Å². The normalized spacial score (nSPS) is 21.4. The molecule has 0 heterocycles. The molecule has 0 amide bonds. The fourth-order valence-electron chi connectivity index (χ4n) is 2.02. The summed E-state index contributed by atoms with van der Waals surface area (Å²) in [5.41, 5.74) is 0.659. The Hall–Kier alpha value is -0.0800. The van der Waals surface area contributed by atoms with E-state index in [2.05, 4.69) is 33.0 Å². The second-order valence-electron chi connectivity index (χ2n) is 6.27. The number of methoxy groups -OCH3 is 1. The molecule has 1 saturated carbocycles. The van der Waals surface area contributed by atoms with Crippen LogP contribution >= 0.6 is 0 Å². The average Bonchev–Trinajstić information content (AvgIpc) is 2.93. The molecule has 0 spiro atoms. The van der Waals surface area contributed by atoms with Gasteiger partial charge in [0.25, 0.3) is 0 Å². The molecular formula is C13H27NO. The van der Waals surface area contributed by atoms with Crippen LogP contribution in [0.4, 0.5) is 0 Å². The van der Waals surface area contributed by atoms with Crippen LogP contribution in [0, 0.1) is 11.3 Å². The minimum Gasteiger partial charge on any atom is -0.385 e. The maximum Gasteiger partial charge on any atom is 0.0468 e. The van der Waals surface area contributed by atoms with Gasteiger partial charge in [0.2, 0.25) is 0 Å². The van der Waals surface area contributed by atoms with Gasteiger partial charge in [-0.3, -0.25) is 0 Å². The monoisotopic (exact) mass is 213 g/mol. The smallest absolute Gasteiger partial charge is 0.0468 e. The first-order chi connectivity index (χ1) is 6.87. The zero-order valence-corrected chi connectivity index (χ0v) is 11.0. The quantitative estimate of drug-likeness (QED) is 0.732. The maximum absolute atomic E-state index is 5.22. The van der Waals surface area contributed by atoms with Crippen molar-refractivity contribution in [1.29, 1.82) is 0 Å². The molecule has 1 unspecified atom stereocenters. The van der Waals surface area contributed by atoms with E-state index in [1.807, 2.05) is 0 Å². The summed E-state index contributed by atoms with van der Waals surface area (Å²) in [4.78, 5) is 0. The molecule has 0 aliphatic heterocycles. The van der Waals surface area contributed by atoms with E-state index in [1.54, 1.807) is 7.11 Å². The molecule has 0 radical (unpaired) electrons. The SMILES string of the molecule is COCCC(C)(CNC(C)(C)C)C1CC1.